The van der Waals surface area contributed by atoms with Crippen molar-refractivity contribution in [3.05, 3.63) is 12.2 Å². The zero-order chi connectivity index (χ0) is 27.1. The van der Waals surface area contributed by atoms with Crippen molar-refractivity contribution in [3.8, 4) is 0 Å². The SMILES string of the molecule is CC1(C)O[C@@H]2[C@H](O1)[C@H](C/C=C/C[C@H]1O[C@H]([C@H]3COC(C)(C)O3)[C@@H]3OC(C)(C)O[C@@H]31)O[C@@H]2[C@H]1COC(C)(C)O1. The van der Waals surface area contributed by atoms with E-state index in [1.807, 2.05) is 55.4 Å². The van der Waals surface area contributed by atoms with Crippen LogP contribution < -0.4 is 0 Å². The lowest BCUT2D eigenvalue weighted by molar-refractivity contribution is -0.206. The third-order valence-corrected chi connectivity index (χ3v) is 8.07. The lowest BCUT2D eigenvalue weighted by atomic mass is 10.0. The van der Waals surface area contributed by atoms with E-state index >= 15 is 0 Å². The molecule has 6 aliphatic rings. The predicted molar refractivity (Wildman–Crippen MR) is 133 cm³/mol. The van der Waals surface area contributed by atoms with Crippen molar-refractivity contribution < 1.29 is 47.4 Å². The highest BCUT2D eigenvalue weighted by molar-refractivity contribution is 5.06. The first-order chi connectivity index (χ1) is 17.7. The molecule has 0 aromatic rings. The second kappa shape index (κ2) is 9.44. The summed E-state index contributed by atoms with van der Waals surface area (Å²) in [6, 6.07) is 0. The maximum Gasteiger partial charge on any atom is 0.164 e. The van der Waals surface area contributed by atoms with Gasteiger partial charge in [0.2, 0.25) is 0 Å². The van der Waals surface area contributed by atoms with Crippen LogP contribution in [0.4, 0.5) is 0 Å². The predicted octanol–water partition coefficient (Wildman–Crippen LogP) is 3.20. The maximum atomic E-state index is 6.46. The minimum Gasteiger partial charge on any atom is -0.366 e. The van der Waals surface area contributed by atoms with Crippen molar-refractivity contribution in [2.24, 2.45) is 0 Å². The Kier molecular flexibility index (Phi) is 6.83. The van der Waals surface area contributed by atoms with Crippen molar-refractivity contribution in [1.82, 2.24) is 0 Å². The molecule has 10 nitrogen and oxygen atoms in total. The highest BCUT2D eigenvalue weighted by Gasteiger charge is 2.60. The molecule has 10 heteroatoms. The summed E-state index contributed by atoms with van der Waals surface area (Å²) in [4.78, 5) is 0. The molecule has 0 radical (unpaired) electrons. The Bertz CT molecular complexity index is 843. The van der Waals surface area contributed by atoms with E-state index in [0.29, 0.717) is 26.1 Å². The molecule has 0 N–H and O–H groups in total. The van der Waals surface area contributed by atoms with Gasteiger partial charge in [0.25, 0.3) is 0 Å². The quantitative estimate of drug-likeness (QED) is 0.468. The average molecular weight is 541 g/mol. The van der Waals surface area contributed by atoms with Crippen LogP contribution in [0, 0.1) is 0 Å². The molecule has 10 atom stereocenters. The molecule has 216 valence electrons. The lowest BCUT2D eigenvalue weighted by Gasteiger charge is -2.27. The molecule has 0 amide bonds. The van der Waals surface area contributed by atoms with E-state index in [9.17, 15) is 0 Å². The normalized spacial score (nSPS) is 48.2. The van der Waals surface area contributed by atoms with Crippen LogP contribution in [0.25, 0.3) is 0 Å². The third-order valence-electron chi connectivity index (χ3n) is 8.07. The molecular weight excluding hydrogens is 496 g/mol. The molecule has 0 bridgehead atoms. The Balaban J connectivity index is 1.09. The second-order valence-corrected chi connectivity index (χ2v) is 13.1. The molecule has 0 aromatic carbocycles. The number of hydrogen-bond donors (Lipinski definition) is 0. The molecule has 0 aromatic heterocycles. The first-order valence-corrected chi connectivity index (χ1v) is 14.0. The fourth-order valence-electron chi connectivity index (χ4n) is 6.62. The highest BCUT2D eigenvalue weighted by Crippen LogP contribution is 2.45. The van der Waals surface area contributed by atoms with Gasteiger partial charge in [0.1, 0.15) is 48.8 Å². The minimum absolute atomic E-state index is 0.142. The van der Waals surface area contributed by atoms with Gasteiger partial charge in [-0.25, -0.2) is 0 Å². The number of rotatable bonds is 6. The lowest BCUT2D eigenvalue weighted by Crippen LogP contribution is -2.40. The van der Waals surface area contributed by atoms with E-state index in [4.69, 9.17) is 47.4 Å². The van der Waals surface area contributed by atoms with Gasteiger partial charge in [-0.1, -0.05) is 12.2 Å². The number of ether oxygens (including phenoxy) is 10. The molecular formula is C28H44O10. The molecule has 38 heavy (non-hydrogen) atoms. The third kappa shape index (κ3) is 5.34. The van der Waals surface area contributed by atoms with E-state index in [0.717, 1.165) is 0 Å². The first-order valence-electron chi connectivity index (χ1n) is 14.0. The van der Waals surface area contributed by atoms with Crippen LogP contribution in [0.15, 0.2) is 12.2 Å². The molecule has 6 heterocycles. The van der Waals surface area contributed by atoms with Crippen LogP contribution in [-0.2, 0) is 47.4 Å². The summed E-state index contributed by atoms with van der Waals surface area (Å²) in [7, 11) is 0. The molecule has 0 saturated carbocycles. The number of fused-ring (bicyclic) bond motifs is 2. The monoisotopic (exact) mass is 540 g/mol. The molecule has 6 saturated heterocycles. The second-order valence-electron chi connectivity index (χ2n) is 13.1. The van der Waals surface area contributed by atoms with E-state index in [1.54, 1.807) is 0 Å². The Morgan fingerprint density at radius 2 is 0.842 bits per heavy atom. The van der Waals surface area contributed by atoms with Crippen molar-refractivity contribution >= 4 is 0 Å². The van der Waals surface area contributed by atoms with E-state index in [2.05, 4.69) is 12.2 Å². The van der Waals surface area contributed by atoms with E-state index < -0.39 is 23.1 Å². The van der Waals surface area contributed by atoms with Gasteiger partial charge in [0.05, 0.1) is 25.4 Å². The Morgan fingerprint density at radius 1 is 0.474 bits per heavy atom. The van der Waals surface area contributed by atoms with Gasteiger partial charge in [-0.15, -0.1) is 0 Å². The highest BCUT2D eigenvalue weighted by atomic mass is 16.8. The Labute approximate surface area is 225 Å². The van der Waals surface area contributed by atoms with Crippen molar-refractivity contribution in [2.45, 2.75) is 152 Å². The van der Waals surface area contributed by atoms with Crippen molar-refractivity contribution in [2.75, 3.05) is 13.2 Å². The van der Waals surface area contributed by atoms with Crippen molar-refractivity contribution in [3.63, 3.8) is 0 Å². The summed E-state index contributed by atoms with van der Waals surface area (Å²) >= 11 is 0. The summed E-state index contributed by atoms with van der Waals surface area (Å²) < 4.78 is 61.7. The fourth-order valence-corrected chi connectivity index (χ4v) is 6.62. The van der Waals surface area contributed by atoms with Crippen LogP contribution in [-0.4, -0.2) is 97.4 Å². The van der Waals surface area contributed by atoms with Crippen LogP contribution >= 0.6 is 0 Å². The molecule has 6 rings (SSSR count). The van der Waals surface area contributed by atoms with Crippen LogP contribution in [0.1, 0.15) is 68.2 Å². The average Bonchev–Trinajstić information content (AvgIpc) is 3.59. The van der Waals surface area contributed by atoms with Gasteiger partial charge in [-0.3, -0.25) is 0 Å². The fraction of sp³-hybridized carbons (Fsp3) is 0.929. The van der Waals surface area contributed by atoms with Crippen LogP contribution in [0.3, 0.4) is 0 Å². The zero-order valence-corrected chi connectivity index (χ0v) is 23.8. The van der Waals surface area contributed by atoms with Gasteiger partial charge < -0.3 is 47.4 Å². The molecule has 6 fully saturated rings. The topological polar surface area (TPSA) is 92.3 Å². The van der Waals surface area contributed by atoms with Crippen molar-refractivity contribution in [1.29, 1.82) is 0 Å². The van der Waals surface area contributed by atoms with Gasteiger partial charge in [-0.2, -0.15) is 0 Å². The van der Waals surface area contributed by atoms with Crippen LogP contribution in [0.2, 0.25) is 0 Å². The van der Waals surface area contributed by atoms with Gasteiger partial charge in [-0.05, 0) is 68.2 Å². The molecule has 0 spiro atoms. The largest absolute Gasteiger partial charge is 0.366 e. The zero-order valence-electron chi connectivity index (χ0n) is 23.8. The Hall–Kier alpha value is -0.660. The maximum absolute atomic E-state index is 6.46. The molecule has 0 unspecified atom stereocenters. The van der Waals surface area contributed by atoms with Gasteiger partial charge >= 0.3 is 0 Å². The molecule has 6 aliphatic heterocycles. The van der Waals surface area contributed by atoms with E-state index in [1.165, 1.54) is 0 Å². The van der Waals surface area contributed by atoms with Gasteiger partial charge in [0.15, 0.2) is 23.1 Å². The summed E-state index contributed by atoms with van der Waals surface area (Å²) in [6.45, 7) is 16.4. The first kappa shape index (κ1) is 27.5. The standard InChI is InChI=1S/C28H44O10/c1-25(2)29-13-17(33-25)19-23-21(35-27(5,6)37-23)15(31-19)11-9-10-12-16-22-24(38-28(7,8)36-22)20(32-16)18-14-30-26(3,4)34-18/h9-10,15-24H,11-14H2,1-8H3/b10-9+/t15-,16+,17-,18-,19-,20-,21-,22-,23+,24+/m1/s1. The number of hydrogen-bond acceptors (Lipinski definition) is 10. The summed E-state index contributed by atoms with van der Waals surface area (Å²) in [5.41, 5.74) is 0. The Morgan fingerprint density at radius 3 is 1.18 bits per heavy atom. The minimum atomic E-state index is -0.663. The molecule has 0 aliphatic carbocycles. The van der Waals surface area contributed by atoms with Crippen LogP contribution in [0.5, 0.6) is 0 Å². The smallest absolute Gasteiger partial charge is 0.164 e. The summed E-state index contributed by atoms with van der Waals surface area (Å²) in [5, 5.41) is 0. The summed E-state index contributed by atoms with van der Waals surface area (Å²) in [6.07, 6.45) is 3.76. The van der Waals surface area contributed by atoms with E-state index in [-0.39, 0.29) is 61.0 Å². The van der Waals surface area contributed by atoms with Gasteiger partial charge in [0, 0.05) is 0 Å². The summed E-state index contributed by atoms with van der Waals surface area (Å²) in [5.74, 6) is -2.58.